The molecule has 0 aromatic rings. The standard InChI is InChI=1S/C50H80O23/c1-19(17-65-44-39(61)37(59)35(57)29(15-51)69-44)8-11-50(64)20(2)32-28(73-50)14-26-24-7-6-22-12-23(13-31(54)49(22,5)25(24)9-10-48(26,32)4)68-47-43(34(56)27(53)18-66-47)72-46-41(63)42(33(55)21(3)67-46)71-45-40(62)38(60)36(58)30(16-52)70-45/h6,20-21,23-47,51-64H,1,7-18H2,2-5H3. The van der Waals surface area contributed by atoms with Crippen LogP contribution >= 0.6 is 0 Å². The molecule has 4 aliphatic carbocycles. The fourth-order valence-electron chi connectivity index (χ4n) is 14.6. The van der Waals surface area contributed by atoms with Crippen molar-refractivity contribution in [2.24, 2.45) is 40.4 Å². The number of hydrogen-bond acceptors (Lipinski definition) is 23. The molecule has 5 aliphatic heterocycles. The molecule has 30 unspecified atom stereocenters. The van der Waals surface area contributed by atoms with Crippen LogP contribution in [0.15, 0.2) is 23.8 Å². The van der Waals surface area contributed by atoms with Gasteiger partial charge in [0.25, 0.3) is 0 Å². The summed E-state index contributed by atoms with van der Waals surface area (Å²) in [7, 11) is 0. The van der Waals surface area contributed by atoms with E-state index in [0.29, 0.717) is 18.4 Å². The topological polar surface area (TPSA) is 366 Å². The molecule has 418 valence electrons. The molecule has 30 atom stereocenters. The molecule has 3 saturated carbocycles. The van der Waals surface area contributed by atoms with E-state index in [9.17, 15) is 71.5 Å². The van der Waals surface area contributed by atoms with Gasteiger partial charge in [-0.25, -0.2) is 0 Å². The zero-order valence-corrected chi connectivity index (χ0v) is 41.8. The summed E-state index contributed by atoms with van der Waals surface area (Å²) in [5.41, 5.74) is 0.908. The second-order valence-corrected chi connectivity index (χ2v) is 23.0. The summed E-state index contributed by atoms with van der Waals surface area (Å²) in [5.74, 6) is -0.929. The molecule has 8 fully saturated rings. The van der Waals surface area contributed by atoms with E-state index in [2.05, 4.69) is 26.5 Å². The van der Waals surface area contributed by atoms with E-state index in [1.54, 1.807) is 0 Å². The first kappa shape index (κ1) is 56.3. The molecule has 0 aromatic heterocycles. The fourth-order valence-corrected chi connectivity index (χ4v) is 14.6. The van der Waals surface area contributed by atoms with Crippen molar-refractivity contribution in [3.63, 3.8) is 0 Å². The SMILES string of the molecule is C=C(CCC1(O)OC2CC3C4CC=C5CC(OC6OCC(O)C(O)C6OC6OC(C)C(O)C(OC7OC(CO)C(O)C(O)C7O)C6O)CC(O)C5(C)C4CCC3(C)C2C1C)COC1OC(CO)C(O)C(O)C1O. The van der Waals surface area contributed by atoms with Crippen LogP contribution in [0.25, 0.3) is 0 Å². The van der Waals surface area contributed by atoms with Gasteiger partial charge in [-0.1, -0.05) is 44.6 Å². The van der Waals surface area contributed by atoms with Gasteiger partial charge in [-0.3, -0.25) is 0 Å². The van der Waals surface area contributed by atoms with Gasteiger partial charge in [0.05, 0.1) is 50.8 Å². The highest BCUT2D eigenvalue weighted by molar-refractivity contribution is 5.28. The van der Waals surface area contributed by atoms with Crippen molar-refractivity contribution in [1.82, 2.24) is 0 Å². The molecule has 9 rings (SSSR count). The van der Waals surface area contributed by atoms with Crippen molar-refractivity contribution in [1.29, 1.82) is 0 Å². The molecule has 0 spiro atoms. The van der Waals surface area contributed by atoms with Crippen LogP contribution in [0.4, 0.5) is 0 Å². The Morgan fingerprint density at radius 3 is 2.01 bits per heavy atom. The van der Waals surface area contributed by atoms with E-state index in [-0.39, 0.29) is 67.2 Å². The molecule has 0 aromatic carbocycles. The van der Waals surface area contributed by atoms with Crippen LogP contribution < -0.4 is 0 Å². The summed E-state index contributed by atoms with van der Waals surface area (Å²) >= 11 is 0. The summed E-state index contributed by atoms with van der Waals surface area (Å²) in [4.78, 5) is 0. The Hall–Kier alpha value is -1.44. The van der Waals surface area contributed by atoms with Crippen LogP contribution in [0.2, 0.25) is 0 Å². The number of aliphatic hydroxyl groups is 14. The summed E-state index contributed by atoms with van der Waals surface area (Å²) in [5, 5.41) is 150. The number of aliphatic hydroxyl groups excluding tert-OH is 13. The first-order valence-corrected chi connectivity index (χ1v) is 26.1. The average Bonchev–Trinajstić information content (AvgIpc) is 3.80. The summed E-state index contributed by atoms with van der Waals surface area (Å²) in [6.45, 7) is 10.3. The molecular formula is C50H80O23. The van der Waals surface area contributed by atoms with Gasteiger partial charge in [-0.2, -0.15) is 0 Å². The summed E-state index contributed by atoms with van der Waals surface area (Å²) in [6, 6.07) is 0. The Morgan fingerprint density at radius 1 is 0.712 bits per heavy atom. The van der Waals surface area contributed by atoms with E-state index in [4.69, 9.17) is 42.6 Å². The lowest BCUT2D eigenvalue weighted by Crippen LogP contribution is -2.65. The zero-order valence-electron chi connectivity index (χ0n) is 41.8. The van der Waals surface area contributed by atoms with Crippen LogP contribution in [-0.2, 0) is 42.6 Å². The van der Waals surface area contributed by atoms with Crippen molar-refractivity contribution in [3.05, 3.63) is 23.8 Å². The quantitative estimate of drug-likeness (QED) is 0.0752. The van der Waals surface area contributed by atoms with E-state index in [0.717, 1.165) is 31.3 Å². The molecule has 0 amide bonds. The van der Waals surface area contributed by atoms with Crippen LogP contribution in [0.5, 0.6) is 0 Å². The molecule has 23 heteroatoms. The first-order valence-electron chi connectivity index (χ1n) is 26.1. The average molecular weight is 1050 g/mol. The van der Waals surface area contributed by atoms with E-state index < -0.39 is 153 Å². The molecule has 0 radical (unpaired) electrons. The van der Waals surface area contributed by atoms with Crippen molar-refractivity contribution < 1.29 is 114 Å². The number of hydrogen-bond donors (Lipinski definition) is 14. The predicted octanol–water partition coefficient (Wildman–Crippen LogP) is -3.48. The van der Waals surface area contributed by atoms with Crippen LogP contribution in [0, 0.1) is 40.4 Å². The molecular weight excluding hydrogens is 969 g/mol. The van der Waals surface area contributed by atoms with Gasteiger partial charge in [0, 0.05) is 24.2 Å². The lowest BCUT2D eigenvalue weighted by Gasteiger charge is -2.60. The Balaban J connectivity index is 0.820. The molecule has 5 heterocycles. The van der Waals surface area contributed by atoms with Gasteiger partial charge in [0.15, 0.2) is 30.9 Å². The monoisotopic (exact) mass is 1050 g/mol. The van der Waals surface area contributed by atoms with Gasteiger partial charge < -0.3 is 114 Å². The zero-order chi connectivity index (χ0) is 52.8. The van der Waals surface area contributed by atoms with Crippen molar-refractivity contribution in [2.45, 2.75) is 220 Å². The number of fused-ring (bicyclic) bond motifs is 7. The third kappa shape index (κ3) is 9.95. The van der Waals surface area contributed by atoms with Crippen LogP contribution in [-0.4, -0.2) is 239 Å². The highest BCUT2D eigenvalue weighted by Gasteiger charge is 2.68. The Labute approximate surface area is 423 Å². The Bertz CT molecular complexity index is 1950. The Morgan fingerprint density at radius 2 is 1.34 bits per heavy atom. The van der Waals surface area contributed by atoms with Crippen molar-refractivity contribution in [2.75, 3.05) is 26.4 Å². The maximum absolute atomic E-state index is 12.2. The predicted molar refractivity (Wildman–Crippen MR) is 246 cm³/mol. The minimum absolute atomic E-state index is 0.0583. The smallest absolute Gasteiger partial charge is 0.187 e. The fraction of sp³-hybridized carbons (Fsp3) is 0.920. The number of ether oxygens (including phenoxy) is 9. The molecule has 5 saturated heterocycles. The second-order valence-electron chi connectivity index (χ2n) is 23.0. The third-order valence-electron chi connectivity index (χ3n) is 19.0. The van der Waals surface area contributed by atoms with E-state index >= 15 is 0 Å². The highest BCUT2D eigenvalue weighted by Crippen LogP contribution is 2.70. The van der Waals surface area contributed by atoms with Crippen molar-refractivity contribution in [3.8, 4) is 0 Å². The maximum atomic E-state index is 12.2. The maximum Gasteiger partial charge on any atom is 0.187 e. The number of rotatable bonds is 14. The molecule has 23 nitrogen and oxygen atoms in total. The van der Waals surface area contributed by atoms with Crippen LogP contribution in [0.3, 0.4) is 0 Å². The van der Waals surface area contributed by atoms with Gasteiger partial charge >= 0.3 is 0 Å². The molecule has 14 N–H and O–H groups in total. The molecule has 0 bridgehead atoms. The molecule has 73 heavy (non-hydrogen) atoms. The first-order chi connectivity index (χ1) is 34.5. The van der Waals surface area contributed by atoms with E-state index in [1.807, 2.05) is 6.92 Å². The largest absolute Gasteiger partial charge is 0.394 e. The minimum Gasteiger partial charge on any atom is -0.394 e. The lowest BCUT2D eigenvalue weighted by molar-refractivity contribution is -0.380. The van der Waals surface area contributed by atoms with Gasteiger partial charge in [0.2, 0.25) is 0 Å². The third-order valence-corrected chi connectivity index (χ3v) is 19.0. The van der Waals surface area contributed by atoms with Crippen molar-refractivity contribution >= 4 is 0 Å². The normalized spacial score (nSPS) is 55.0. The summed E-state index contributed by atoms with van der Waals surface area (Å²) in [6.07, 6.45) is -23.8. The van der Waals surface area contributed by atoms with Gasteiger partial charge in [-0.05, 0) is 74.5 Å². The summed E-state index contributed by atoms with van der Waals surface area (Å²) < 4.78 is 53.3. The van der Waals surface area contributed by atoms with E-state index in [1.165, 1.54) is 6.92 Å². The highest BCUT2D eigenvalue weighted by atomic mass is 16.8. The minimum atomic E-state index is -1.84. The van der Waals surface area contributed by atoms with Crippen LogP contribution in [0.1, 0.15) is 79.1 Å². The Kier molecular flexibility index (Phi) is 16.7. The molecule has 9 aliphatic rings. The second kappa shape index (κ2) is 21.7. The number of allylic oxidation sites excluding steroid dienone is 1. The van der Waals surface area contributed by atoms with Gasteiger partial charge in [0.1, 0.15) is 85.5 Å². The lowest BCUT2D eigenvalue weighted by atomic mass is 9.46. The van der Waals surface area contributed by atoms with Gasteiger partial charge in [-0.15, -0.1) is 0 Å².